The van der Waals surface area contributed by atoms with Crippen molar-refractivity contribution in [2.24, 2.45) is 10.9 Å². The van der Waals surface area contributed by atoms with Gasteiger partial charge in [-0.1, -0.05) is 11.6 Å². The summed E-state index contributed by atoms with van der Waals surface area (Å²) in [6.45, 7) is -0.306. The Labute approximate surface area is 169 Å². The van der Waals surface area contributed by atoms with Crippen molar-refractivity contribution in [1.29, 1.82) is 0 Å². The minimum Gasteiger partial charge on any atom is -0.350 e. The van der Waals surface area contributed by atoms with Crippen molar-refractivity contribution in [1.82, 2.24) is 14.8 Å². The number of nitrogens with zero attached hydrogens (tertiary/aromatic N) is 3. The third-order valence-electron chi connectivity index (χ3n) is 3.95. The van der Waals surface area contributed by atoms with Crippen LogP contribution in [0.3, 0.4) is 0 Å². The number of hydrogen-bond donors (Lipinski definition) is 3. The minimum atomic E-state index is -3.87. The van der Waals surface area contributed by atoms with Crippen molar-refractivity contribution >= 4 is 27.7 Å². The first-order chi connectivity index (χ1) is 13.6. The summed E-state index contributed by atoms with van der Waals surface area (Å²) in [4.78, 5) is 11.0. The summed E-state index contributed by atoms with van der Waals surface area (Å²) < 4.78 is 37.9. The standard InChI is InChI=1S/C17H15ClFN5O4S/c18-14-7-10(1-6-15(14)19)16-8-11(9-23(26)17(20)25)22-24(16)12-2-4-13(5-3-12)29(21,27)28/h1-8,26H,9H2,(H2,20,25)(H2,21,27,28). The molecule has 0 unspecified atom stereocenters. The molecule has 0 aliphatic rings. The lowest BCUT2D eigenvalue weighted by molar-refractivity contribution is -0.0479. The Bertz CT molecular complexity index is 1180. The van der Waals surface area contributed by atoms with Gasteiger partial charge in [0.05, 0.1) is 33.5 Å². The highest BCUT2D eigenvalue weighted by Crippen LogP contribution is 2.28. The summed E-state index contributed by atoms with van der Waals surface area (Å²) in [5, 5.41) is 19.2. The molecular formula is C17H15ClFN5O4S. The number of hydrogen-bond acceptors (Lipinski definition) is 5. The summed E-state index contributed by atoms with van der Waals surface area (Å²) in [5.74, 6) is -0.602. The van der Waals surface area contributed by atoms with Crippen molar-refractivity contribution in [2.75, 3.05) is 0 Å². The Morgan fingerprint density at radius 3 is 2.41 bits per heavy atom. The number of carbonyl (C=O) groups is 1. The molecule has 0 saturated carbocycles. The monoisotopic (exact) mass is 439 g/mol. The Morgan fingerprint density at radius 2 is 1.86 bits per heavy atom. The molecule has 1 aromatic heterocycles. The lowest BCUT2D eigenvalue weighted by Gasteiger charge is -2.10. The van der Waals surface area contributed by atoms with Crippen LogP contribution in [-0.4, -0.2) is 34.5 Å². The number of primary sulfonamides is 1. The van der Waals surface area contributed by atoms with Gasteiger partial charge in [0.2, 0.25) is 10.0 Å². The third-order valence-corrected chi connectivity index (χ3v) is 5.17. The quantitative estimate of drug-likeness (QED) is 0.412. The molecule has 29 heavy (non-hydrogen) atoms. The second-order valence-corrected chi connectivity index (χ2v) is 7.97. The molecule has 0 aliphatic heterocycles. The normalized spacial score (nSPS) is 11.4. The van der Waals surface area contributed by atoms with Crippen LogP contribution in [0.4, 0.5) is 9.18 Å². The van der Waals surface area contributed by atoms with Crippen molar-refractivity contribution in [2.45, 2.75) is 11.4 Å². The molecule has 0 bridgehead atoms. The number of aromatic nitrogens is 2. The average molecular weight is 440 g/mol. The average Bonchev–Trinajstić information content (AvgIpc) is 3.07. The number of rotatable bonds is 5. The van der Waals surface area contributed by atoms with Gasteiger partial charge < -0.3 is 5.73 Å². The van der Waals surface area contributed by atoms with Crippen LogP contribution < -0.4 is 10.9 Å². The van der Waals surface area contributed by atoms with E-state index in [1.54, 1.807) is 6.07 Å². The second-order valence-electron chi connectivity index (χ2n) is 6.00. The molecule has 152 valence electrons. The molecule has 2 amide bonds. The largest absolute Gasteiger partial charge is 0.350 e. The van der Waals surface area contributed by atoms with E-state index in [-0.39, 0.29) is 27.2 Å². The predicted octanol–water partition coefficient (Wildman–Crippen LogP) is 2.25. The van der Waals surface area contributed by atoms with E-state index >= 15 is 0 Å². The van der Waals surface area contributed by atoms with Crippen molar-refractivity contribution in [3.63, 3.8) is 0 Å². The van der Waals surface area contributed by atoms with Gasteiger partial charge in [-0.05, 0) is 48.5 Å². The van der Waals surface area contributed by atoms with Gasteiger partial charge in [0, 0.05) is 5.56 Å². The zero-order chi connectivity index (χ0) is 21.3. The number of sulfonamides is 1. The topological polar surface area (TPSA) is 145 Å². The maximum atomic E-state index is 13.5. The highest BCUT2D eigenvalue weighted by Gasteiger charge is 2.17. The number of halogens is 2. The second kappa shape index (κ2) is 7.79. The van der Waals surface area contributed by atoms with Crippen LogP contribution in [0.2, 0.25) is 5.02 Å². The van der Waals surface area contributed by atoms with E-state index in [1.165, 1.54) is 47.1 Å². The molecule has 0 radical (unpaired) electrons. The first kappa shape index (κ1) is 20.7. The zero-order valence-electron chi connectivity index (χ0n) is 14.7. The number of nitrogens with two attached hydrogens (primary N) is 2. The molecule has 5 N–H and O–H groups in total. The molecule has 2 aromatic carbocycles. The fourth-order valence-corrected chi connectivity index (χ4v) is 3.27. The van der Waals surface area contributed by atoms with Gasteiger partial charge in [-0.3, -0.25) is 5.21 Å². The first-order valence-electron chi connectivity index (χ1n) is 7.99. The Hall–Kier alpha value is -2.99. The van der Waals surface area contributed by atoms with Crippen LogP contribution in [0.5, 0.6) is 0 Å². The highest BCUT2D eigenvalue weighted by atomic mass is 35.5. The SMILES string of the molecule is NC(=O)N(O)Cc1cc(-c2ccc(F)c(Cl)c2)n(-c2ccc(S(N)(=O)=O)cc2)n1. The maximum Gasteiger partial charge on any atom is 0.338 e. The number of amides is 2. The number of benzene rings is 2. The van der Waals surface area contributed by atoms with Crippen molar-refractivity contribution in [3.05, 3.63) is 65.1 Å². The van der Waals surface area contributed by atoms with E-state index in [0.29, 0.717) is 16.9 Å². The Kier molecular flexibility index (Phi) is 5.57. The summed E-state index contributed by atoms with van der Waals surface area (Å²) in [6.07, 6.45) is 0. The molecule has 3 rings (SSSR count). The lowest BCUT2D eigenvalue weighted by atomic mass is 10.1. The van der Waals surface area contributed by atoms with E-state index in [1.807, 2.05) is 0 Å². The smallest absolute Gasteiger partial charge is 0.338 e. The number of hydroxylamine groups is 2. The van der Waals surface area contributed by atoms with Crippen molar-refractivity contribution < 1.29 is 22.8 Å². The number of carbonyl (C=O) groups excluding carboxylic acids is 1. The summed E-state index contributed by atoms with van der Waals surface area (Å²) >= 11 is 5.87. The van der Waals surface area contributed by atoms with Crippen LogP contribution in [-0.2, 0) is 16.6 Å². The van der Waals surface area contributed by atoms with Gasteiger partial charge in [-0.2, -0.15) is 5.10 Å². The van der Waals surface area contributed by atoms with E-state index in [2.05, 4.69) is 5.10 Å². The van der Waals surface area contributed by atoms with E-state index < -0.39 is 21.9 Å². The van der Waals surface area contributed by atoms with Crippen LogP contribution in [0.1, 0.15) is 5.69 Å². The fourth-order valence-electron chi connectivity index (χ4n) is 2.57. The highest BCUT2D eigenvalue weighted by molar-refractivity contribution is 7.89. The van der Waals surface area contributed by atoms with E-state index in [4.69, 9.17) is 22.5 Å². The van der Waals surface area contributed by atoms with Crippen LogP contribution in [0, 0.1) is 5.82 Å². The van der Waals surface area contributed by atoms with Gasteiger partial charge in [0.15, 0.2) is 0 Å². The first-order valence-corrected chi connectivity index (χ1v) is 9.92. The van der Waals surface area contributed by atoms with E-state index in [0.717, 1.165) is 0 Å². The molecule has 0 saturated heterocycles. The van der Waals surface area contributed by atoms with Crippen LogP contribution in [0.15, 0.2) is 53.4 Å². The molecule has 0 aliphatic carbocycles. The Morgan fingerprint density at radius 1 is 1.21 bits per heavy atom. The number of urea groups is 1. The van der Waals surface area contributed by atoms with Gasteiger partial charge in [0.1, 0.15) is 5.82 Å². The molecule has 9 nitrogen and oxygen atoms in total. The summed E-state index contributed by atoms with van der Waals surface area (Å²) in [5.41, 5.74) is 6.67. The molecule has 0 fully saturated rings. The van der Waals surface area contributed by atoms with Gasteiger partial charge in [-0.15, -0.1) is 0 Å². The van der Waals surface area contributed by atoms with Gasteiger partial charge in [0.25, 0.3) is 0 Å². The third kappa shape index (κ3) is 4.54. The molecule has 1 heterocycles. The van der Waals surface area contributed by atoms with E-state index in [9.17, 15) is 22.8 Å². The fraction of sp³-hybridized carbons (Fsp3) is 0.0588. The zero-order valence-corrected chi connectivity index (χ0v) is 16.2. The molecule has 12 heteroatoms. The van der Waals surface area contributed by atoms with Crippen LogP contribution in [0.25, 0.3) is 16.9 Å². The summed E-state index contributed by atoms with van der Waals surface area (Å²) in [7, 11) is -3.87. The van der Waals surface area contributed by atoms with Gasteiger partial charge in [-0.25, -0.2) is 32.5 Å². The summed E-state index contributed by atoms with van der Waals surface area (Å²) in [6, 6.07) is 10.1. The number of primary amides is 1. The molecule has 3 aromatic rings. The predicted molar refractivity (Wildman–Crippen MR) is 102 cm³/mol. The molecular weight excluding hydrogens is 425 g/mol. The van der Waals surface area contributed by atoms with Gasteiger partial charge >= 0.3 is 6.03 Å². The minimum absolute atomic E-state index is 0.0877. The molecule has 0 spiro atoms. The Balaban J connectivity index is 2.11. The molecule has 0 atom stereocenters. The van der Waals surface area contributed by atoms with Crippen LogP contribution >= 0.6 is 11.6 Å². The van der Waals surface area contributed by atoms with Crippen molar-refractivity contribution in [3.8, 4) is 16.9 Å². The maximum absolute atomic E-state index is 13.5. The lowest BCUT2D eigenvalue weighted by Crippen LogP contribution is -2.32.